The lowest BCUT2D eigenvalue weighted by molar-refractivity contribution is -0.163. The summed E-state index contributed by atoms with van der Waals surface area (Å²) in [7, 11) is 0. The molecule has 0 aliphatic carbocycles. The third-order valence-electron chi connectivity index (χ3n) is 5.65. The van der Waals surface area contributed by atoms with Crippen LogP contribution >= 0.6 is 11.8 Å². The fraction of sp³-hybridized carbons (Fsp3) is 0.722. The molecule has 0 radical (unpaired) electrons. The van der Waals surface area contributed by atoms with E-state index in [0.717, 1.165) is 6.42 Å². The van der Waals surface area contributed by atoms with E-state index in [-0.39, 0.29) is 34.9 Å². The van der Waals surface area contributed by atoms with E-state index < -0.39 is 24.0 Å². The average molecular weight is 429 g/mol. The maximum Gasteiger partial charge on any atom is 0.353 e. The first-order valence-electron chi connectivity index (χ1n) is 9.72. The van der Waals surface area contributed by atoms with Crippen molar-refractivity contribution in [1.82, 2.24) is 15.5 Å². The third-order valence-corrected chi connectivity index (χ3v) is 7.16. The Morgan fingerprint density at radius 2 is 2.21 bits per heavy atom. The van der Waals surface area contributed by atoms with Crippen molar-refractivity contribution in [3.05, 3.63) is 10.6 Å². The number of carbonyl (C=O) groups is 3. The molecule has 29 heavy (non-hydrogen) atoms. The molecule has 0 bridgehead atoms. The minimum absolute atomic E-state index is 0.0617. The number of carbonyl (C=O) groups excluding carboxylic acids is 2. The number of β-lactam (4-membered cyclic amide) rings is 1. The second kappa shape index (κ2) is 8.90. The summed E-state index contributed by atoms with van der Waals surface area (Å²) < 4.78 is 5.54. The zero-order chi connectivity index (χ0) is 21.3. The molecule has 0 unspecified atom stereocenters. The Hall–Kier alpha value is -1.82. The molecule has 10 nitrogen and oxygen atoms in total. The lowest BCUT2D eigenvalue weighted by atomic mass is 9.79. The van der Waals surface area contributed by atoms with Gasteiger partial charge < -0.3 is 36.2 Å². The van der Waals surface area contributed by atoms with E-state index in [1.165, 1.54) is 16.7 Å². The largest absolute Gasteiger partial charge is 0.477 e. The Kier molecular flexibility index (Phi) is 6.72. The number of ether oxygens (including phenoxy) is 1. The zero-order valence-electron chi connectivity index (χ0n) is 16.5. The molecule has 6 N–H and O–H groups in total. The Balaban J connectivity index is 1.56. The molecule has 3 aliphatic heterocycles. The number of carboxylic acid groups (broad SMARTS) is 1. The van der Waals surface area contributed by atoms with Crippen molar-refractivity contribution in [2.75, 3.05) is 26.3 Å². The molecular formula is C18H28N4O6S. The van der Waals surface area contributed by atoms with Crippen molar-refractivity contribution in [3.8, 4) is 0 Å². The SMILES string of the molecule is C[C@@H](O)[C@H]1C(=O)N2C(C(=O)O)=C(S[C@@H]3CN[C@H](COCCNC(N)=O)C3)[C@H](C)[C@H]12. The molecule has 0 aromatic carbocycles. The summed E-state index contributed by atoms with van der Waals surface area (Å²) in [5.74, 6) is -2.09. The summed E-state index contributed by atoms with van der Waals surface area (Å²) in [5.41, 5.74) is 5.05. The summed E-state index contributed by atoms with van der Waals surface area (Å²) >= 11 is 1.51. The number of hydrogen-bond acceptors (Lipinski definition) is 7. The molecule has 11 heteroatoms. The molecule has 2 saturated heterocycles. The molecule has 3 amide bonds. The van der Waals surface area contributed by atoms with E-state index in [1.54, 1.807) is 6.92 Å². The highest BCUT2D eigenvalue weighted by Gasteiger charge is 2.60. The van der Waals surface area contributed by atoms with Crippen molar-refractivity contribution >= 4 is 29.7 Å². The molecule has 162 valence electrons. The quantitative estimate of drug-likeness (QED) is 0.238. The smallest absolute Gasteiger partial charge is 0.353 e. The lowest BCUT2D eigenvalue weighted by Gasteiger charge is -2.46. The van der Waals surface area contributed by atoms with Crippen LogP contribution in [0.1, 0.15) is 20.3 Å². The van der Waals surface area contributed by atoms with Gasteiger partial charge in [0, 0.05) is 35.2 Å². The standard InChI is InChI=1S/C18H28N4O6S/c1-8-13-12(9(2)23)16(24)22(13)14(17(25)26)15(8)29-11-5-10(21-6-11)7-28-4-3-20-18(19)27/h8-13,21,23H,3-7H2,1-2H3,(H,25,26)(H3,19,20,27)/t8-,9-,10+,11+,12-,13-/m1/s1. The molecule has 3 rings (SSSR count). The molecule has 6 atom stereocenters. The van der Waals surface area contributed by atoms with Gasteiger partial charge in [-0.3, -0.25) is 4.79 Å². The minimum Gasteiger partial charge on any atom is -0.477 e. The van der Waals surface area contributed by atoms with Gasteiger partial charge in [-0.05, 0) is 13.3 Å². The fourth-order valence-corrected chi connectivity index (χ4v) is 5.85. The van der Waals surface area contributed by atoms with Crippen LogP contribution in [0.25, 0.3) is 0 Å². The number of primary amides is 1. The van der Waals surface area contributed by atoms with Crippen LogP contribution in [0.4, 0.5) is 4.79 Å². The number of urea groups is 1. The van der Waals surface area contributed by atoms with Gasteiger partial charge in [0.05, 0.1) is 31.3 Å². The number of nitrogens with one attached hydrogen (secondary N) is 2. The van der Waals surface area contributed by atoms with Crippen molar-refractivity contribution in [1.29, 1.82) is 0 Å². The summed E-state index contributed by atoms with van der Waals surface area (Å²) in [6.45, 7) is 5.40. The Bertz CT molecular complexity index is 714. The summed E-state index contributed by atoms with van der Waals surface area (Å²) in [4.78, 5) is 36.9. The zero-order valence-corrected chi connectivity index (χ0v) is 17.3. The average Bonchev–Trinajstić information content (AvgIpc) is 3.16. The normalized spacial score (nSPS) is 32.2. The van der Waals surface area contributed by atoms with Gasteiger partial charge in [-0.2, -0.15) is 0 Å². The number of fused-ring (bicyclic) bond motifs is 1. The fourth-order valence-electron chi connectivity index (χ4n) is 4.33. The van der Waals surface area contributed by atoms with E-state index in [9.17, 15) is 24.6 Å². The third kappa shape index (κ3) is 4.37. The topological polar surface area (TPSA) is 154 Å². The van der Waals surface area contributed by atoms with E-state index in [1.807, 2.05) is 6.92 Å². The number of rotatable bonds is 9. The van der Waals surface area contributed by atoms with Crippen LogP contribution in [0.15, 0.2) is 10.6 Å². The minimum atomic E-state index is -1.10. The van der Waals surface area contributed by atoms with Gasteiger partial charge in [0.1, 0.15) is 5.70 Å². The first kappa shape index (κ1) is 21.9. The van der Waals surface area contributed by atoms with Crippen LogP contribution in [0, 0.1) is 11.8 Å². The van der Waals surface area contributed by atoms with Gasteiger partial charge >= 0.3 is 12.0 Å². The van der Waals surface area contributed by atoms with Crippen molar-refractivity contribution in [2.45, 2.75) is 43.7 Å². The van der Waals surface area contributed by atoms with E-state index in [2.05, 4.69) is 10.6 Å². The maximum atomic E-state index is 12.4. The molecule has 2 fully saturated rings. The lowest BCUT2D eigenvalue weighted by Crippen LogP contribution is -2.63. The molecule has 3 heterocycles. The number of aliphatic hydroxyl groups excluding tert-OH is 1. The highest BCUT2D eigenvalue weighted by molar-refractivity contribution is 8.03. The van der Waals surface area contributed by atoms with Crippen LogP contribution in [0.3, 0.4) is 0 Å². The number of aliphatic hydroxyl groups is 1. The monoisotopic (exact) mass is 428 g/mol. The Morgan fingerprint density at radius 1 is 1.48 bits per heavy atom. The second-order valence-electron chi connectivity index (χ2n) is 7.72. The first-order chi connectivity index (χ1) is 13.7. The summed E-state index contributed by atoms with van der Waals surface area (Å²) in [5, 5.41) is 25.6. The van der Waals surface area contributed by atoms with Crippen molar-refractivity contribution in [3.63, 3.8) is 0 Å². The van der Waals surface area contributed by atoms with Crippen LogP contribution in [-0.2, 0) is 14.3 Å². The summed E-state index contributed by atoms with van der Waals surface area (Å²) in [6, 6.07) is -0.740. The van der Waals surface area contributed by atoms with Crippen LogP contribution in [-0.4, -0.2) is 82.8 Å². The number of carboxylic acids is 1. The predicted octanol–water partition coefficient (Wildman–Crippen LogP) is -0.711. The number of nitrogens with two attached hydrogens (primary N) is 1. The number of hydrogen-bond donors (Lipinski definition) is 5. The second-order valence-corrected chi connectivity index (χ2v) is 9.06. The van der Waals surface area contributed by atoms with Crippen LogP contribution in [0.2, 0.25) is 0 Å². The molecule has 0 aromatic heterocycles. The number of aliphatic carboxylic acids is 1. The number of amides is 3. The predicted molar refractivity (Wildman–Crippen MR) is 106 cm³/mol. The first-order valence-corrected chi connectivity index (χ1v) is 10.6. The van der Waals surface area contributed by atoms with E-state index in [0.29, 0.717) is 31.2 Å². The van der Waals surface area contributed by atoms with E-state index >= 15 is 0 Å². The molecular weight excluding hydrogens is 400 g/mol. The van der Waals surface area contributed by atoms with Gasteiger partial charge in [0.15, 0.2) is 0 Å². The molecule has 0 spiro atoms. The van der Waals surface area contributed by atoms with Gasteiger partial charge in [0.2, 0.25) is 5.91 Å². The molecule has 0 aromatic rings. The van der Waals surface area contributed by atoms with Gasteiger partial charge in [0.25, 0.3) is 0 Å². The van der Waals surface area contributed by atoms with Crippen molar-refractivity contribution < 1.29 is 29.3 Å². The highest BCUT2D eigenvalue weighted by atomic mass is 32.2. The van der Waals surface area contributed by atoms with E-state index in [4.69, 9.17) is 10.5 Å². The number of thioether (sulfide) groups is 1. The van der Waals surface area contributed by atoms with Crippen LogP contribution in [0.5, 0.6) is 0 Å². The van der Waals surface area contributed by atoms with Crippen molar-refractivity contribution in [2.24, 2.45) is 17.6 Å². The van der Waals surface area contributed by atoms with Crippen LogP contribution < -0.4 is 16.4 Å². The Labute approximate surface area is 173 Å². The molecule has 3 aliphatic rings. The molecule has 0 saturated carbocycles. The maximum absolute atomic E-state index is 12.4. The summed E-state index contributed by atoms with van der Waals surface area (Å²) in [6.07, 6.45) is -0.000481. The number of nitrogens with zero attached hydrogens (tertiary/aromatic N) is 1. The highest BCUT2D eigenvalue weighted by Crippen LogP contribution is 2.51. The Morgan fingerprint density at radius 3 is 2.83 bits per heavy atom. The van der Waals surface area contributed by atoms with Gasteiger partial charge in [-0.1, -0.05) is 6.92 Å². The van der Waals surface area contributed by atoms with Gasteiger partial charge in [-0.15, -0.1) is 11.8 Å². The van der Waals surface area contributed by atoms with Gasteiger partial charge in [-0.25, -0.2) is 9.59 Å².